The summed E-state index contributed by atoms with van der Waals surface area (Å²) in [6.07, 6.45) is 1.04. The van der Waals surface area contributed by atoms with E-state index in [0.717, 1.165) is 26.2 Å². The van der Waals surface area contributed by atoms with Crippen molar-refractivity contribution in [3.63, 3.8) is 0 Å². The average molecular weight is 222 g/mol. The Bertz CT molecular complexity index is 300. The molecule has 0 amide bonds. The van der Waals surface area contributed by atoms with Crippen LogP contribution in [0.1, 0.15) is 13.3 Å². The van der Waals surface area contributed by atoms with E-state index in [-0.39, 0.29) is 0 Å². The summed E-state index contributed by atoms with van der Waals surface area (Å²) in [5.74, 6) is 0. The number of benzene rings is 1. The lowest BCUT2D eigenvalue weighted by Gasteiger charge is -2.14. The van der Waals surface area contributed by atoms with E-state index in [1.165, 1.54) is 11.4 Å². The molecule has 0 unspecified atom stereocenters. The lowest BCUT2D eigenvalue weighted by Crippen LogP contribution is -2.10. The van der Waals surface area contributed by atoms with Crippen molar-refractivity contribution in [1.82, 2.24) is 0 Å². The Hall–Kier alpha value is -1.22. The number of hydrogen-bond donors (Lipinski definition) is 1. The lowest BCUT2D eigenvalue weighted by molar-refractivity contribution is 0.147. The summed E-state index contributed by atoms with van der Waals surface area (Å²) in [5.41, 5.74) is 2.39. The van der Waals surface area contributed by atoms with Crippen LogP contribution in [0.25, 0.3) is 0 Å². The highest BCUT2D eigenvalue weighted by Gasteiger charge is 1.96. The van der Waals surface area contributed by atoms with E-state index in [1.54, 1.807) is 0 Å². The van der Waals surface area contributed by atoms with Gasteiger partial charge in [0, 0.05) is 45.2 Å². The molecule has 0 saturated heterocycles. The molecule has 1 rings (SSSR count). The maximum atomic E-state index is 5.29. The van der Waals surface area contributed by atoms with E-state index in [2.05, 4.69) is 34.5 Å². The zero-order valence-corrected chi connectivity index (χ0v) is 10.5. The SMILES string of the molecule is CCOCCCNc1cccc(N(C)C)c1. The van der Waals surface area contributed by atoms with E-state index in [9.17, 15) is 0 Å². The van der Waals surface area contributed by atoms with Crippen molar-refractivity contribution in [2.24, 2.45) is 0 Å². The van der Waals surface area contributed by atoms with Crippen LogP contribution < -0.4 is 10.2 Å². The minimum atomic E-state index is 0.802. The van der Waals surface area contributed by atoms with Crippen molar-refractivity contribution < 1.29 is 4.74 Å². The summed E-state index contributed by atoms with van der Waals surface area (Å²) in [4.78, 5) is 2.10. The molecule has 0 aliphatic rings. The van der Waals surface area contributed by atoms with Crippen LogP contribution in [-0.4, -0.2) is 33.9 Å². The van der Waals surface area contributed by atoms with Gasteiger partial charge >= 0.3 is 0 Å². The fourth-order valence-electron chi connectivity index (χ4n) is 1.45. The largest absolute Gasteiger partial charge is 0.385 e. The monoisotopic (exact) mass is 222 g/mol. The van der Waals surface area contributed by atoms with Crippen LogP contribution in [0, 0.1) is 0 Å². The van der Waals surface area contributed by atoms with E-state index in [4.69, 9.17) is 4.74 Å². The maximum Gasteiger partial charge on any atom is 0.0482 e. The van der Waals surface area contributed by atoms with Gasteiger partial charge in [0.25, 0.3) is 0 Å². The Morgan fingerprint density at radius 2 is 2.12 bits per heavy atom. The topological polar surface area (TPSA) is 24.5 Å². The molecule has 0 radical (unpaired) electrons. The predicted octanol–water partition coefficient (Wildman–Crippen LogP) is 2.59. The fraction of sp³-hybridized carbons (Fsp3) is 0.538. The number of hydrogen-bond acceptors (Lipinski definition) is 3. The van der Waals surface area contributed by atoms with Crippen LogP contribution in [0.5, 0.6) is 0 Å². The molecule has 0 fully saturated rings. The zero-order chi connectivity index (χ0) is 11.8. The third-order valence-electron chi connectivity index (χ3n) is 2.36. The van der Waals surface area contributed by atoms with Crippen LogP contribution in [0.15, 0.2) is 24.3 Å². The Labute approximate surface area is 98.4 Å². The molecular formula is C13H22N2O. The first-order valence-electron chi connectivity index (χ1n) is 5.83. The molecule has 0 aliphatic heterocycles. The molecule has 0 aromatic heterocycles. The molecule has 3 heteroatoms. The van der Waals surface area contributed by atoms with Gasteiger partial charge < -0.3 is 15.0 Å². The first-order valence-corrected chi connectivity index (χ1v) is 5.83. The highest BCUT2D eigenvalue weighted by atomic mass is 16.5. The number of ether oxygens (including phenoxy) is 1. The summed E-state index contributed by atoms with van der Waals surface area (Å²) in [5, 5.41) is 3.39. The van der Waals surface area contributed by atoms with E-state index in [1.807, 2.05) is 21.0 Å². The second-order valence-electron chi connectivity index (χ2n) is 3.92. The minimum absolute atomic E-state index is 0.802. The van der Waals surface area contributed by atoms with Crippen molar-refractivity contribution in [2.45, 2.75) is 13.3 Å². The lowest BCUT2D eigenvalue weighted by atomic mass is 10.2. The average Bonchev–Trinajstić information content (AvgIpc) is 2.29. The van der Waals surface area contributed by atoms with Gasteiger partial charge in [-0.25, -0.2) is 0 Å². The maximum absolute atomic E-state index is 5.29. The Morgan fingerprint density at radius 1 is 1.31 bits per heavy atom. The second-order valence-corrected chi connectivity index (χ2v) is 3.92. The standard InChI is InChI=1S/C13H22N2O/c1-4-16-10-6-9-14-12-7-5-8-13(11-12)15(2)3/h5,7-8,11,14H,4,6,9-10H2,1-3H3. The van der Waals surface area contributed by atoms with Crippen LogP contribution in [0.3, 0.4) is 0 Å². The molecule has 1 aromatic carbocycles. The molecule has 16 heavy (non-hydrogen) atoms. The van der Waals surface area contributed by atoms with Gasteiger partial charge in [0.1, 0.15) is 0 Å². The molecule has 0 atom stereocenters. The van der Waals surface area contributed by atoms with E-state index >= 15 is 0 Å². The molecule has 0 spiro atoms. The van der Waals surface area contributed by atoms with Gasteiger partial charge in [0.05, 0.1) is 0 Å². The number of nitrogens with zero attached hydrogens (tertiary/aromatic N) is 1. The van der Waals surface area contributed by atoms with Crippen LogP contribution >= 0.6 is 0 Å². The first-order chi connectivity index (χ1) is 7.74. The molecule has 1 N–H and O–H groups in total. The normalized spacial score (nSPS) is 10.2. The Balaban J connectivity index is 2.33. The smallest absolute Gasteiger partial charge is 0.0482 e. The highest BCUT2D eigenvalue weighted by molar-refractivity contribution is 5.57. The summed E-state index contributed by atoms with van der Waals surface area (Å²) in [7, 11) is 4.10. The van der Waals surface area contributed by atoms with E-state index < -0.39 is 0 Å². The minimum Gasteiger partial charge on any atom is -0.385 e. The van der Waals surface area contributed by atoms with E-state index in [0.29, 0.717) is 0 Å². The van der Waals surface area contributed by atoms with Crippen molar-refractivity contribution in [2.75, 3.05) is 44.1 Å². The quantitative estimate of drug-likeness (QED) is 0.718. The summed E-state index contributed by atoms with van der Waals surface area (Å²) in [6, 6.07) is 8.42. The van der Waals surface area contributed by atoms with Gasteiger partial charge in [0.15, 0.2) is 0 Å². The van der Waals surface area contributed by atoms with Gasteiger partial charge in [-0.15, -0.1) is 0 Å². The third-order valence-corrected chi connectivity index (χ3v) is 2.36. The summed E-state index contributed by atoms with van der Waals surface area (Å²) < 4.78 is 5.29. The predicted molar refractivity (Wildman–Crippen MR) is 70.4 cm³/mol. The molecule has 3 nitrogen and oxygen atoms in total. The molecule has 90 valence electrons. The Morgan fingerprint density at radius 3 is 2.81 bits per heavy atom. The van der Waals surface area contributed by atoms with Gasteiger partial charge in [-0.05, 0) is 31.5 Å². The summed E-state index contributed by atoms with van der Waals surface area (Å²) >= 11 is 0. The molecule has 0 bridgehead atoms. The molecular weight excluding hydrogens is 200 g/mol. The molecule has 1 aromatic rings. The Kier molecular flexibility index (Phi) is 5.72. The van der Waals surface area contributed by atoms with Crippen molar-refractivity contribution in [3.05, 3.63) is 24.3 Å². The van der Waals surface area contributed by atoms with Crippen LogP contribution in [0.4, 0.5) is 11.4 Å². The van der Waals surface area contributed by atoms with Crippen molar-refractivity contribution in [3.8, 4) is 0 Å². The molecule has 0 heterocycles. The molecule has 0 saturated carbocycles. The van der Waals surface area contributed by atoms with Crippen molar-refractivity contribution >= 4 is 11.4 Å². The molecule has 0 aliphatic carbocycles. The van der Waals surface area contributed by atoms with Crippen LogP contribution in [0.2, 0.25) is 0 Å². The van der Waals surface area contributed by atoms with Crippen molar-refractivity contribution in [1.29, 1.82) is 0 Å². The second kappa shape index (κ2) is 7.12. The fourth-order valence-corrected chi connectivity index (χ4v) is 1.45. The highest BCUT2D eigenvalue weighted by Crippen LogP contribution is 2.16. The third kappa shape index (κ3) is 4.53. The number of rotatable bonds is 7. The number of nitrogens with one attached hydrogen (secondary N) is 1. The van der Waals surface area contributed by atoms with Gasteiger partial charge in [-0.3, -0.25) is 0 Å². The van der Waals surface area contributed by atoms with Crippen LogP contribution in [-0.2, 0) is 4.74 Å². The zero-order valence-electron chi connectivity index (χ0n) is 10.5. The van der Waals surface area contributed by atoms with Gasteiger partial charge in [0.2, 0.25) is 0 Å². The summed E-state index contributed by atoms with van der Waals surface area (Å²) in [6.45, 7) is 4.61. The van der Waals surface area contributed by atoms with Gasteiger partial charge in [-0.1, -0.05) is 6.07 Å². The number of anilines is 2. The van der Waals surface area contributed by atoms with Gasteiger partial charge in [-0.2, -0.15) is 0 Å². The first kappa shape index (κ1) is 12.8.